The Morgan fingerprint density at radius 3 is 2.60 bits per heavy atom. The molecule has 0 aromatic rings. The van der Waals surface area contributed by atoms with Gasteiger partial charge in [-0.15, -0.1) is 0 Å². The van der Waals surface area contributed by atoms with Gasteiger partial charge >= 0.3 is 0 Å². The normalized spacial score (nSPS) is 28.1. The van der Waals surface area contributed by atoms with Crippen molar-refractivity contribution in [1.29, 1.82) is 0 Å². The highest BCUT2D eigenvalue weighted by molar-refractivity contribution is 4.88. The molecule has 2 atom stereocenters. The maximum absolute atomic E-state index is 9.56. The lowest BCUT2D eigenvalue weighted by molar-refractivity contribution is 0.147. The fourth-order valence-corrected chi connectivity index (χ4v) is 4.33. The Morgan fingerprint density at radius 1 is 1.20 bits per heavy atom. The molecule has 20 heavy (non-hydrogen) atoms. The summed E-state index contributed by atoms with van der Waals surface area (Å²) in [6, 6.07) is 0.872. The fraction of sp³-hybridized carbons (Fsp3) is 1.00. The van der Waals surface area contributed by atoms with Gasteiger partial charge in [-0.3, -0.25) is 0 Å². The monoisotopic (exact) mass is 282 g/mol. The van der Waals surface area contributed by atoms with Gasteiger partial charge in [-0.25, -0.2) is 0 Å². The minimum atomic E-state index is -0.0860. The Bertz CT molecular complexity index is 278. The molecular weight excluding hydrogens is 248 g/mol. The van der Waals surface area contributed by atoms with Crippen molar-refractivity contribution >= 4 is 0 Å². The van der Waals surface area contributed by atoms with Crippen LogP contribution in [0.2, 0.25) is 0 Å². The summed E-state index contributed by atoms with van der Waals surface area (Å²) < 4.78 is 0. The van der Waals surface area contributed by atoms with Crippen LogP contribution in [0.5, 0.6) is 0 Å². The third-order valence-electron chi connectivity index (χ3n) is 5.48. The average molecular weight is 282 g/mol. The van der Waals surface area contributed by atoms with E-state index in [1.807, 2.05) is 0 Å². The van der Waals surface area contributed by atoms with Crippen molar-refractivity contribution in [3.8, 4) is 0 Å². The first kappa shape index (κ1) is 16.3. The van der Waals surface area contributed by atoms with Crippen LogP contribution in [0.15, 0.2) is 0 Å². The van der Waals surface area contributed by atoms with Crippen LogP contribution in [-0.4, -0.2) is 47.8 Å². The molecule has 1 heterocycles. The molecule has 3 nitrogen and oxygen atoms in total. The van der Waals surface area contributed by atoms with E-state index in [0.29, 0.717) is 0 Å². The van der Waals surface area contributed by atoms with Gasteiger partial charge in [0, 0.05) is 11.6 Å². The molecule has 0 aromatic heterocycles. The molecule has 2 N–H and O–H groups in total. The van der Waals surface area contributed by atoms with E-state index in [-0.39, 0.29) is 12.1 Å². The lowest BCUT2D eigenvalue weighted by Crippen LogP contribution is -2.46. The number of hydrogen-bond acceptors (Lipinski definition) is 3. The van der Waals surface area contributed by atoms with Gasteiger partial charge in [0.15, 0.2) is 0 Å². The maximum atomic E-state index is 9.56. The van der Waals surface area contributed by atoms with Crippen LogP contribution in [0.25, 0.3) is 0 Å². The second-order valence-corrected chi connectivity index (χ2v) is 7.14. The first-order valence-corrected chi connectivity index (χ1v) is 8.78. The first-order chi connectivity index (χ1) is 9.68. The Kier molecular flexibility index (Phi) is 6.31. The molecule has 0 aromatic carbocycles. The lowest BCUT2D eigenvalue weighted by atomic mass is 9.94. The van der Waals surface area contributed by atoms with Crippen molar-refractivity contribution in [3.05, 3.63) is 0 Å². The molecule has 0 radical (unpaired) electrons. The second-order valence-electron chi connectivity index (χ2n) is 7.14. The van der Waals surface area contributed by atoms with E-state index >= 15 is 0 Å². The summed E-state index contributed by atoms with van der Waals surface area (Å²) in [4.78, 5) is 2.75. The van der Waals surface area contributed by atoms with E-state index in [2.05, 4.69) is 24.1 Å². The van der Waals surface area contributed by atoms with Gasteiger partial charge < -0.3 is 15.3 Å². The molecule has 0 spiro atoms. The number of rotatable bonds is 8. The fourth-order valence-electron chi connectivity index (χ4n) is 4.33. The SMILES string of the molecule is CCNC(C)(CO)CCCN1CCCC1C1CCCC1. The highest BCUT2D eigenvalue weighted by Crippen LogP contribution is 2.35. The van der Waals surface area contributed by atoms with Gasteiger partial charge in [-0.1, -0.05) is 19.8 Å². The number of hydrogen-bond donors (Lipinski definition) is 2. The molecule has 1 saturated carbocycles. The first-order valence-electron chi connectivity index (χ1n) is 8.78. The predicted octanol–water partition coefficient (Wildman–Crippen LogP) is 2.78. The molecule has 118 valence electrons. The molecule has 2 aliphatic rings. The van der Waals surface area contributed by atoms with Crippen LogP contribution in [0.3, 0.4) is 0 Å². The Balaban J connectivity index is 1.75. The summed E-state index contributed by atoms with van der Waals surface area (Å²) in [7, 11) is 0. The zero-order valence-electron chi connectivity index (χ0n) is 13.5. The Morgan fingerprint density at radius 2 is 1.95 bits per heavy atom. The van der Waals surface area contributed by atoms with Gasteiger partial charge in [0.05, 0.1) is 6.61 Å². The van der Waals surface area contributed by atoms with E-state index in [9.17, 15) is 5.11 Å². The van der Waals surface area contributed by atoms with Crippen LogP contribution >= 0.6 is 0 Å². The van der Waals surface area contributed by atoms with Crippen molar-refractivity contribution in [1.82, 2.24) is 10.2 Å². The van der Waals surface area contributed by atoms with Crippen LogP contribution in [0.1, 0.15) is 65.2 Å². The molecule has 1 saturated heterocycles. The molecule has 2 fully saturated rings. The van der Waals surface area contributed by atoms with Crippen molar-refractivity contribution in [3.63, 3.8) is 0 Å². The van der Waals surface area contributed by atoms with Gasteiger partial charge in [-0.2, -0.15) is 0 Å². The van der Waals surface area contributed by atoms with Gasteiger partial charge in [0.2, 0.25) is 0 Å². The summed E-state index contributed by atoms with van der Waals surface area (Å²) in [6.07, 6.45) is 10.9. The highest BCUT2D eigenvalue weighted by Gasteiger charge is 2.33. The summed E-state index contributed by atoms with van der Waals surface area (Å²) in [5.74, 6) is 0.982. The number of nitrogens with zero attached hydrogens (tertiary/aromatic N) is 1. The molecule has 1 aliphatic heterocycles. The van der Waals surface area contributed by atoms with Gasteiger partial charge in [-0.05, 0) is 71.0 Å². The highest BCUT2D eigenvalue weighted by atomic mass is 16.3. The second kappa shape index (κ2) is 7.77. The zero-order valence-corrected chi connectivity index (χ0v) is 13.5. The molecule has 0 amide bonds. The maximum Gasteiger partial charge on any atom is 0.0610 e. The number of likely N-dealkylation sites (tertiary alicyclic amines) is 1. The van der Waals surface area contributed by atoms with Crippen molar-refractivity contribution in [2.45, 2.75) is 76.8 Å². The third-order valence-corrected chi connectivity index (χ3v) is 5.48. The van der Waals surface area contributed by atoms with Crippen molar-refractivity contribution in [2.24, 2.45) is 5.92 Å². The molecule has 2 rings (SSSR count). The van der Waals surface area contributed by atoms with Crippen LogP contribution in [0.4, 0.5) is 0 Å². The lowest BCUT2D eigenvalue weighted by Gasteiger charge is -2.32. The third kappa shape index (κ3) is 4.19. The molecule has 2 unspecified atom stereocenters. The summed E-state index contributed by atoms with van der Waals surface area (Å²) in [5.41, 5.74) is -0.0860. The molecular formula is C17H34N2O. The predicted molar refractivity (Wildman–Crippen MR) is 85.0 cm³/mol. The van der Waals surface area contributed by atoms with Crippen LogP contribution < -0.4 is 5.32 Å². The van der Waals surface area contributed by atoms with Gasteiger partial charge in [0.25, 0.3) is 0 Å². The topological polar surface area (TPSA) is 35.5 Å². The largest absolute Gasteiger partial charge is 0.394 e. The molecule has 3 heteroatoms. The van der Waals surface area contributed by atoms with E-state index in [4.69, 9.17) is 0 Å². The Hall–Kier alpha value is -0.120. The molecule has 1 aliphatic carbocycles. The molecule has 0 bridgehead atoms. The number of aliphatic hydroxyl groups excluding tert-OH is 1. The van der Waals surface area contributed by atoms with E-state index < -0.39 is 0 Å². The standard InChI is InChI=1S/C17H34N2O/c1-3-18-17(2,14-20)11-7-13-19-12-6-10-16(19)15-8-4-5-9-15/h15-16,18,20H,3-14H2,1-2H3. The van der Waals surface area contributed by atoms with E-state index in [1.165, 1.54) is 58.0 Å². The minimum Gasteiger partial charge on any atom is -0.394 e. The van der Waals surface area contributed by atoms with Gasteiger partial charge in [0.1, 0.15) is 0 Å². The minimum absolute atomic E-state index is 0.0860. The van der Waals surface area contributed by atoms with E-state index in [0.717, 1.165) is 24.9 Å². The Labute approximate surface area is 125 Å². The summed E-state index contributed by atoms with van der Waals surface area (Å²) >= 11 is 0. The van der Waals surface area contributed by atoms with Crippen LogP contribution in [-0.2, 0) is 0 Å². The number of aliphatic hydroxyl groups is 1. The van der Waals surface area contributed by atoms with Crippen molar-refractivity contribution < 1.29 is 5.11 Å². The smallest absolute Gasteiger partial charge is 0.0610 e. The van der Waals surface area contributed by atoms with E-state index in [1.54, 1.807) is 0 Å². The summed E-state index contributed by atoms with van der Waals surface area (Å²) in [5, 5.41) is 13.0. The quantitative estimate of drug-likeness (QED) is 0.718. The number of nitrogens with one attached hydrogen (secondary N) is 1. The number of likely N-dealkylation sites (N-methyl/N-ethyl adjacent to an activating group) is 1. The average Bonchev–Trinajstić information content (AvgIpc) is 3.09. The van der Waals surface area contributed by atoms with Crippen LogP contribution in [0, 0.1) is 5.92 Å². The zero-order chi connectivity index (χ0) is 14.4. The summed E-state index contributed by atoms with van der Waals surface area (Å²) in [6.45, 7) is 7.97. The van der Waals surface area contributed by atoms with Crippen molar-refractivity contribution in [2.75, 3.05) is 26.2 Å².